The zero-order valence-electron chi connectivity index (χ0n) is 9.60. The smallest absolute Gasteiger partial charge is 0.111 e. The number of allylic oxidation sites excluding steroid dienone is 6. The lowest BCUT2D eigenvalue weighted by atomic mass is 10.2. The summed E-state index contributed by atoms with van der Waals surface area (Å²) >= 11 is 3.46. The van der Waals surface area contributed by atoms with Gasteiger partial charge in [0.25, 0.3) is 0 Å². The Morgan fingerprint density at radius 1 is 1.29 bits per heavy atom. The number of aromatic nitrogens is 3. The molecular weight excluding hydrogens is 282 g/mol. The van der Waals surface area contributed by atoms with Gasteiger partial charge in [0.2, 0.25) is 0 Å². The van der Waals surface area contributed by atoms with Crippen LogP contribution in [-0.4, -0.2) is 20.1 Å². The third kappa shape index (κ3) is 2.92. The lowest BCUT2D eigenvalue weighted by Gasteiger charge is -2.03. The normalized spacial score (nSPS) is 21.1. The highest BCUT2D eigenvalue weighted by Gasteiger charge is 2.08. The minimum atomic E-state index is -0.0770. The predicted molar refractivity (Wildman–Crippen MR) is 70.3 cm³/mol. The Kier molecular flexibility index (Phi) is 3.91. The van der Waals surface area contributed by atoms with E-state index in [1.54, 1.807) is 4.80 Å². The molecule has 0 saturated carbocycles. The molecule has 17 heavy (non-hydrogen) atoms. The summed E-state index contributed by atoms with van der Waals surface area (Å²) in [6, 6.07) is 0. The van der Waals surface area contributed by atoms with Gasteiger partial charge < -0.3 is 5.11 Å². The third-order valence-corrected chi connectivity index (χ3v) is 3.12. The molecule has 0 fully saturated rings. The Balaban J connectivity index is 2.32. The second-order valence-corrected chi connectivity index (χ2v) is 4.72. The molecular formula is C12H14BrN3O. The molecule has 0 atom stereocenters. The van der Waals surface area contributed by atoms with Gasteiger partial charge in [0.1, 0.15) is 5.69 Å². The van der Waals surface area contributed by atoms with Crippen LogP contribution in [0.25, 0.3) is 5.70 Å². The van der Waals surface area contributed by atoms with Crippen LogP contribution in [0, 0.1) is 6.92 Å². The Labute approximate surface area is 108 Å². The SMILES string of the molecule is Cc1nn(C2=C/CCC=C(Br)/C=C\2)nc1CO. The van der Waals surface area contributed by atoms with E-state index in [9.17, 15) is 0 Å². The summed E-state index contributed by atoms with van der Waals surface area (Å²) in [5.41, 5.74) is 2.31. The Bertz CT molecular complexity index is 500. The van der Waals surface area contributed by atoms with Crippen LogP contribution in [0.2, 0.25) is 0 Å². The molecule has 1 aromatic rings. The van der Waals surface area contributed by atoms with Crippen molar-refractivity contribution >= 4 is 21.6 Å². The number of hydrogen-bond donors (Lipinski definition) is 1. The first-order valence-electron chi connectivity index (χ1n) is 5.48. The van der Waals surface area contributed by atoms with Gasteiger partial charge in [-0.1, -0.05) is 28.1 Å². The molecule has 0 saturated heterocycles. The molecule has 0 radical (unpaired) electrons. The molecule has 90 valence electrons. The summed E-state index contributed by atoms with van der Waals surface area (Å²) < 4.78 is 1.06. The number of rotatable bonds is 2. The third-order valence-electron chi connectivity index (χ3n) is 2.53. The highest BCUT2D eigenvalue weighted by Crippen LogP contribution is 2.17. The molecule has 5 heteroatoms. The molecule has 0 bridgehead atoms. The maximum Gasteiger partial charge on any atom is 0.111 e. The summed E-state index contributed by atoms with van der Waals surface area (Å²) in [5.74, 6) is 0. The second-order valence-electron chi connectivity index (χ2n) is 3.81. The lowest BCUT2D eigenvalue weighted by Crippen LogP contribution is -2.01. The molecule has 0 amide bonds. The van der Waals surface area contributed by atoms with Gasteiger partial charge in [-0.25, -0.2) is 0 Å². The average molecular weight is 296 g/mol. The number of aliphatic hydroxyl groups is 1. The van der Waals surface area contributed by atoms with Gasteiger partial charge >= 0.3 is 0 Å². The van der Waals surface area contributed by atoms with Crippen molar-refractivity contribution in [3.05, 3.63) is 40.2 Å². The van der Waals surface area contributed by atoms with Crippen LogP contribution in [0.5, 0.6) is 0 Å². The van der Waals surface area contributed by atoms with Crippen LogP contribution < -0.4 is 0 Å². The zero-order valence-corrected chi connectivity index (χ0v) is 11.2. The van der Waals surface area contributed by atoms with Crippen molar-refractivity contribution in [1.82, 2.24) is 15.0 Å². The van der Waals surface area contributed by atoms with Gasteiger partial charge in [0, 0.05) is 4.48 Å². The number of aryl methyl sites for hydroxylation is 1. The van der Waals surface area contributed by atoms with Crippen molar-refractivity contribution in [2.75, 3.05) is 0 Å². The largest absolute Gasteiger partial charge is 0.390 e. The lowest BCUT2D eigenvalue weighted by molar-refractivity contribution is 0.275. The summed E-state index contributed by atoms with van der Waals surface area (Å²) in [7, 11) is 0. The van der Waals surface area contributed by atoms with Gasteiger partial charge in [-0.15, -0.1) is 0 Å². The maximum absolute atomic E-state index is 9.10. The van der Waals surface area contributed by atoms with Gasteiger partial charge in [-0.2, -0.15) is 15.0 Å². The van der Waals surface area contributed by atoms with Gasteiger partial charge in [0.15, 0.2) is 0 Å². The van der Waals surface area contributed by atoms with Crippen molar-refractivity contribution in [1.29, 1.82) is 0 Å². The highest BCUT2D eigenvalue weighted by atomic mass is 79.9. The minimum Gasteiger partial charge on any atom is -0.390 e. The van der Waals surface area contributed by atoms with E-state index in [-0.39, 0.29) is 6.61 Å². The molecule has 4 nitrogen and oxygen atoms in total. The molecule has 1 aliphatic carbocycles. The van der Waals surface area contributed by atoms with Crippen molar-refractivity contribution in [3.8, 4) is 0 Å². The van der Waals surface area contributed by atoms with Gasteiger partial charge in [-0.3, -0.25) is 0 Å². The fourth-order valence-corrected chi connectivity index (χ4v) is 1.93. The van der Waals surface area contributed by atoms with Crippen molar-refractivity contribution in [3.63, 3.8) is 0 Å². The number of aliphatic hydroxyl groups excluding tert-OH is 1. The molecule has 0 aromatic carbocycles. The van der Waals surface area contributed by atoms with Gasteiger partial charge in [0.05, 0.1) is 18.0 Å². The number of nitrogens with zero attached hydrogens (tertiary/aromatic N) is 3. The van der Waals surface area contributed by atoms with E-state index in [0.29, 0.717) is 5.69 Å². The zero-order chi connectivity index (χ0) is 12.3. The Morgan fingerprint density at radius 2 is 2.06 bits per heavy atom. The first-order chi connectivity index (χ1) is 8.20. The molecule has 1 aromatic heterocycles. The number of halogens is 1. The predicted octanol–water partition coefficient (Wildman–Crippen LogP) is 2.55. The summed E-state index contributed by atoms with van der Waals surface area (Å²) in [6.07, 6.45) is 10.1. The van der Waals surface area contributed by atoms with E-state index in [2.05, 4.69) is 38.3 Å². The molecule has 0 aliphatic heterocycles. The van der Waals surface area contributed by atoms with Gasteiger partial charge in [-0.05, 0) is 31.9 Å². The second kappa shape index (κ2) is 5.42. The molecule has 1 heterocycles. The summed E-state index contributed by atoms with van der Waals surface area (Å²) in [6.45, 7) is 1.77. The number of hydrogen-bond acceptors (Lipinski definition) is 3. The Morgan fingerprint density at radius 3 is 2.76 bits per heavy atom. The first kappa shape index (κ1) is 12.3. The van der Waals surface area contributed by atoms with E-state index in [1.807, 2.05) is 19.1 Å². The van der Waals surface area contributed by atoms with Crippen molar-refractivity contribution in [2.24, 2.45) is 0 Å². The quantitative estimate of drug-likeness (QED) is 0.912. The summed E-state index contributed by atoms with van der Waals surface area (Å²) in [4.78, 5) is 1.57. The van der Waals surface area contributed by atoms with Crippen LogP contribution in [0.1, 0.15) is 24.2 Å². The minimum absolute atomic E-state index is 0.0770. The van der Waals surface area contributed by atoms with Crippen molar-refractivity contribution in [2.45, 2.75) is 26.4 Å². The van der Waals surface area contributed by atoms with E-state index >= 15 is 0 Å². The Hall–Kier alpha value is -1.20. The van der Waals surface area contributed by atoms with E-state index < -0.39 is 0 Å². The molecule has 0 unspecified atom stereocenters. The van der Waals surface area contributed by atoms with E-state index in [1.165, 1.54) is 0 Å². The first-order valence-corrected chi connectivity index (χ1v) is 6.28. The monoisotopic (exact) mass is 295 g/mol. The van der Waals surface area contributed by atoms with Crippen LogP contribution in [0.15, 0.2) is 28.8 Å². The fraction of sp³-hybridized carbons (Fsp3) is 0.333. The van der Waals surface area contributed by atoms with Crippen LogP contribution in [-0.2, 0) is 6.61 Å². The maximum atomic E-state index is 9.10. The molecule has 1 N–H and O–H groups in total. The van der Waals surface area contributed by atoms with E-state index in [0.717, 1.165) is 28.7 Å². The molecule has 0 spiro atoms. The van der Waals surface area contributed by atoms with E-state index in [4.69, 9.17) is 5.11 Å². The molecule has 2 rings (SSSR count). The van der Waals surface area contributed by atoms with Crippen LogP contribution in [0.3, 0.4) is 0 Å². The standard InChI is InChI=1S/C12H14BrN3O/c1-9-12(8-17)15-16(14-9)11-5-3-2-4-10(13)6-7-11/h4-7,17H,2-3,8H2,1H3/b7-6-,10-4?,11-5+. The molecule has 1 aliphatic rings. The average Bonchev–Trinajstić information content (AvgIpc) is 2.65. The topological polar surface area (TPSA) is 50.9 Å². The van der Waals surface area contributed by atoms with Crippen LogP contribution >= 0.6 is 15.9 Å². The van der Waals surface area contributed by atoms with Crippen LogP contribution in [0.4, 0.5) is 0 Å². The fourth-order valence-electron chi connectivity index (χ4n) is 1.57. The van der Waals surface area contributed by atoms with Crippen molar-refractivity contribution < 1.29 is 5.11 Å². The highest BCUT2D eigenvalue weighted by molar-refractivity contribution is 9.11. The summed E-state index contributed by atoms with van der Waals surface area (Å²) in [5, 5.41) is 17.6.